The lowest BCUT2D eigenvalue weighted by Crippen LogP contribution is -2.40. The Morgan fingerprint density at radius 2 is 1.69 bits per heavy atom. The van der Waals surface area contributed by atoms with Crippen molar-refractivity contribution in [3.63, 3.8) is 0 Å². The molecule has 0 saturated heterocycles. The van der Waals surface area contributed by atoms with Gasteiger partial charge >= 0.3 is 0 Å². The molecule has 0 radical (unpaired) electrons. The minimum atomic E-state index is -1.14. The Morgan fingerprint density at radius 1 is 1.19 bits per heavy atom. The maximum atomic E-state index is 11.8. The summed E-state index contributed by atoms with van der Waals surface area (Å²) in [5.74, 6) is -0.914. The van der Waals surface area contributed by atoms with Gasteiger partial charge in [0.05, 0.1) is 11.1 Å². The van der Waals surface area contributed by atoms with Crippen molar-refractivity contribution in [3.05, 3.63) is 35.4 Å². The van der Waals surface area contributed by atoms with E-state index in [0.717, 1.165) is 4.90 Å². The molecule has 3 N–H and O–H groups in total. The first-order valence-corrected chi connectivity index (χ1v) is 5.02. The second kappa shape index (κ2) is 4.03. The molecule has 16 heavy (non-hydrogen) atoms. The smallest absolute Gasteiger partial charge is 0.263 e. The maximum absolute atomic E-state index is 11.8. The number of nitrogens with two attached hydrogens (primary N) is 1. The van der Waals surface area contributed by atoms with Crippen LogP contribution in [-0.2, 0) is 0 Å². The molecule has 0 saturated carbocycles. The first-order chi connectivity index (χ1) is 7.66. The zero-order valence-electron chi connectivity index (χ0n) is 8.59. The zero-order valence-corrected chi connectivity index (χ0v) is 8.59. The van der Waals surface area contributed by atoms with Crippen LogP contribution in [0.3, 0.4) is 0 Å². The summed E-state index contributed by atoms with van der Waals surface area (Å²) < 4.78 is 0. The van der Waals surface area contributed by atoms with Crippen LogP contribution >= 0.6 is 0 Å². The molecule has 5 nitrogen and oxygen atoms in total. The summed E-state index contributed by atoms with van der Waals surface area (Å²) in [7, 11) is 0. The highest BCUT2D eigenvalue weighted by Crippen LogP contribution is 2.24. The molecular weight excluding hydrogens is 208 g/mol. The average Bonchev–Trinajstić information content (AvgIpc) is 2.53. The number of amides is 2. The topological polar surface area (TPSA) is 83.6 Å². The highest BCUT2D eigenvalue weighted by Gasteiger charge is 2.38. The first-order valence-electron chi connectivity index (χ1n) is 5.02. The second-order valence-corrected chi connectivity index (χ2v) is 3.58. The summed E-state index contributed by atoms with van der Waals surface area (Å²) >= 11 is 0. The number of benzene rings is 1. The Labute approximate surface area is 92.5 Å². The molecule has 0 bridgehead atoms. The van der Waals surface area contributed by atoms with E-state index in [2.05, 4.69) is 0 Å². The molecular formula is C11H12N2O3. The van der Waals surface area contributed by atoms with E-state index in [1.54, 1.807) is 24.3 Å². The van der Waals surface area contributed by atoms with E-state index >= 15 is 0 Å². The minimum absolute atomic E-state index is 0.186. The van der Waals surface area contributed by atoms with Crippen LogP contribution in [0.2, 0.25) is 0 Å². The van der Waals surface area contributed by atoms with Crippen molar-refractivity contribution in [2.45, 2.75) is 12.6 Å². The summed E-state index contributed by atoms with van der Waals surface area (Å²) in [6.45, 7) is 0.217. The van der Waals surface area contributed by atoms with Crippen molar-refractivity contribution in [1.29, 1.82) is 0 Å². The number of hydrogen-bond acceptors (Lipinski definition) is 4. The van der Waals surface area contributed by atoms with Gasteiger partial charge in [0.2, 0.25) is 0 Å². The molecule has 0 fully saturated rings. The molecule has 0 aromatic heterocycles. The highest BCUT2D eigenvalue weighted by molar-refractivity contribution is 6.21. The molecule has 0 spiro atoms. The van der Waals surface area contributed by atoms with Gasteiger partial charge in [-0.05, 0) is 18.7 Å². The number of imide groups is 1. The van der Waals surface area contributed by atoms with Gasteiger partial charge in [0.25, 0.3) is 11.8 Å². The lowest BCUT2D eigenvalue weighted by atomic mass is 10.1. The summed E-state index contributed by atoms with van der Waals surface area (Å²) in [4.78, 5) is 24.5. The van der Waals surface area contributed by atoms with E-state index in [1.165, 1.54) is 0 Å². The number of carbonyl (C=O) groups is 2. The average molecular weight is 220 g/mol. The van der Waals surface area contributed by atoms with Crippen LogP contribution in [-0.4, -0.2) is 34.6 Å². The molecule has 0 aliphatic carbocycles. The second-order valence-electron chi connectivity index (χ2n) is 3.58. The zero-order chi connectivity index (χ0) is 11.7. The monoisotopic (exact) mass is 220 g/mol. The molecule has 1 heterocycles. The van der Waals surface area contributed by atoms with Crippen molar-refractivity contribution in [2.24, 2.45) is 5.73 Å². The molecule has 1 atom stereocenters. The van der Waals surface area contributed by atoms with Crippen molar-refractivity contribution in [1.82, 2.24) is 4.90 Å². The maximum Gasteiger partial charge on any atom is 0.263 e. The van der Waals surface area contributed by atoms with E-state index in [0.29, 0.717) is 11.1 Å². The van der Waals surface area contributed by atoms with Crippen LogP contribution in [0.1, 0.15) is 27.1 Å². The number of aliphatic hydroxyl groups is 1. The van der Waals surface area contributed by atoms with Gasteiger partial charge in [-0.2, -0.15) is 0 Å². The van der Waals surface area contributed by atoms with Crippen LogP contribution < -0.4 is 5.73 Å². The van der Waals surface area contributed by atoms with Gasteiger partial charge in [0.15, 0.2) is 0 Å². The molecule has 2 amide bonds. The van der Waals surface area contributed by atoms with E-state index in [9.17, 15) is 14.7 Å². The Morgan fingerprint density at radius 3 is 2.12 bits per heavy atom. The van der Waals surface area contributed by atoms with Crippen molar-refractivity contribution >= 4 is 11.8 Å². The van der Waals surface area contributed by atoms with Crippen LogP contribution in [0.25, 0.3) is 0 Å². The van der Waals surface area contributed by atoms with E-state index < -0.39 is 18.0 Å². The van der Waals surface area contributed by atoms with Crippen molar-refractivity contribution in [3.8, 4) is 0 Å². The number of nitrogens with zero attached hydrogens (tertiary/aromatic N) is 1. The number of hydrogen-bond donors (Lipinski definition) is 2. The van der Waals surface area contributed by atoms with Crippen LogP contribution in [0, 0.1) is 0 Å². The number of rotatable bonds is 3. The molecule has 84 valence electrons. The van der Waals surface area contributed by atoms with Crippen LogP contribution in [0.15, 0.2) is 24.3 Å². The molecule has 1 aromatic rings. The minimum Gasteiger partial charge on any atom is -0.373 e. The standard InChI is InChI=1S/C11H12N2O3/c12-6-5-9(14)13-10(15)7-3-1-2-4-8(7)11(13)16/h1-4,9,14H,5-6,12H2. The van der Waals surface area contributed by atoms with E-state index in [1.807, 2.05) is 0 Å². The fourth-order valence-electron chi connectivity index (χ4n) is 1.76. The number of fused-ring (bicyclic) bond motifs is 1. The Bertz CT molecular complexity index is 410. The van der Waals surface area contributed by atoms with Gasteiger partial charge in [-0.1, -0.05) is 12.1 Å². The van der Waals surface area contributed by atoms with Gasteiger partial charge < -0.3 is 10.8 Å². The highest BCUT2D eigenvalue weighted by atomic mass is 16.3. The molecule has 1 aliphatic rings. The normalized spacial score (nSPS) is 16.5. The van der Waals surface area contributed by atoms with Gasteiger partial charge in [-0.15, -0.1) is 0 Å². The van der Waals surface area contributed by atoms with Gasteiger partial charge in [-0.25, -0.2) is 4.90 Å². The predicted octanol–water partition coefficient (Wildman–Crippen LogP) is -0.0502. The molecule has 5 heteroatoms. The van der Waals surface area contributed by atoms with Crippen molar-refractivity contribution in [2.75, 3.05) is 6.54 Å². The van der Waals surface area contributed by atoms with Gasteiger partial charge in [0.1, 0.15) is 6.23 Å². The number of carbonyl (C=O) groups excluding carboxylic acids is 2. The Balaban J connectivity index is 2.35. The third kappa shape index (κ3) is 1.50. The largest absolute Gasteiger partial charge is 0.373 e. The summed E-state index contributed by atoms with van der Waals surface area (Å²) in [5, 5.41) is 9.67. The molecule has 1 aromatic carbocycles. The predicted molar refractivity (Wildman–Crippen MR) is 56.6 cm³/mol. The van der Waals surface area contributed by atoms with E-state index in [4.69, 9.17) is 5.73 Å². The summed E-state index contributed by atoms with van der Waals surface area (Å²) in [6, 6.07) is 6.51. The van der Waals surface area contributed by atoms with E-state index in [-0.39, 0.29) is 13.0 Å². The molecule has 2 rings (SSSR count). The van der Waals surface area contributed by atoms with Crippen LogP contribution in [0.5, 0.6) is 0 Å². The lowest BCUT2D eigenvalue weighted by molar-refractivity contribution is 0.0117. The fourth-order valence-corrected chi connectivity index (χ4v) is 1.76. The summed E-state index contributed by atoms with van der Waals surface area (Å²) in [5.41, 5.74) is 5.96. The van der Waals surface area contributed by atoms with Gasteiger partial charge in [0, 0.05) is 6.42 Å². The third-order valence-electron chi connectivity index (χ3n) is 2.55. The third-order valence-corrected chi connectivity index (χ3v) is 2.55. The first kappa shape index (κ1) is 10.8. The SMILES string of the molecule is NCCC(O)N1C(=O)c2ccccc2C1=O. The van der Waals surface area contributed by atoms with Gasteiger partial charge in [-0.3, -0.25) is 9.59 Å². The molecule has 1 unspecified atom stereocenters. The lowest BCUT2D eigenvalue weighted by Gasteiger charge is -2.20. The molecule has 1 aliphatic heterocycles. The summed E-state index contributed by atoms with van der Waals surface area (Å²) in [6.07, 6.45) is -0.955. The fraction of sp³-hybridized carbons (Fsp3) is 0.273. The van der Waals surface area contributed by atoms with Crippen molar-refractivity contribution < 1.29 is 14.7 Å². The Kier molecular flexibility index (Phi) is 2.72. The van der Waals surface area contributed by atoms with Crippen LogP contribution in [0.4, 0.5) is 0 Å². The quantitative estimate of drug-likeness (QED) is 0.699. The Hall–Kier alpha value is -1.72. The number of aliphatic hydroxyl groups excluding tert-OH is 1.